The van der Waals surface area contributed by atoms with Crippen molar-refractivity contribution in [2.75, 3.05) is 39.9 Å². The number of benzene rings is 1. The van der Waals surface area contributed by atoms with Gasteiger partial charge in [-0.25, -0.2) is 0 Å². The molecule has 1 aliphatic rings. The molecule has 2 rings (SSSR count). The smallest absolute Gasteiger partial charge is 0.264 e. The second-order valence-corrected chi connectivity index (χ2v) is 9.50. The monoisotopic (exact) mass is 394 g/mol. The first kappa shape index (κ1) is 20.0. The molecule has 0 unspecified atom stereocenters. The van der Waals surface area contributed by atoms with Crippen molar-refractivity contribution < 1.29 is 34.7 Å². The lowest BCUT2D eigenvalue weighted by molar-refractivity contribution is 0.0941. The molecule has 0 saturated carbocycles. The van der Waals surface area contributed by atoms with Crippen LogP contribution in [0.25, 0.3) is 0 Å². The Hall–Kier alpha value is -1.36. The Morgan fingerprint density at radius 3 is 1.48 bits per heavy atom. The van der Waals surface area contributed by atoms with Crippen LogP contribution in [-0.2, 0) is 41.4 Å². The standard InChI is InChI=1S/C15H22O8S2/c1-20-13-5-6-14(21-2)12-8-15(7-11(12)13,9-22-24(3,16)17)10-23-25(4,18)19/h5-6H,7-10H2,1-4H3. The summed E-state index contributed by atoms with van der Waals surface area (Å²) in [6.45, 7) is -0.412. The number of methoxy groups -OCH3 is 2. The molecule has 0 amide bonds. The Bertz CT molecular complexity index is 772. The Morgan fingerprint density at radius 2 is 1.20 bits per heavy atom. The van der Waals surface area contributed by atoms with Crippen LogP contribution in [0.2, 0.25) is 0 Å². The minimum Gasteiger partial charge on any atom is -0.496 e. The fourth-order valence-corrected chi connectivity index (χ4v) is 3.87. The second kappa shape index (κ2) is 7.10. The Balaban J connectivity index is 2.40. The van der Waals surface area contributed by atoms with Crippen LogP contribution in [-0.4, -0.2) is 56.8 Å². The first-order valence-corrected chi connectivity index (χ1v) is 11.0. The summed E-state index contributed by atoms with van der Waals surface area (Å²) in [5, 5.41) is 0. The van der Waals surface area contributed by atoms with Gasteiger partial charge in [-0.15, -0.1) is 0 Å². The van der Waals surface area contributed by atoms with Crippen molar-refractivity contribution in [3.63, 3.8) is 0 Å². The van der Waals surface area contributed by atoms with Gasteiger partial charge in [-0.2, -0.15) is 16.8 Å². The molecule has 0 saturated heterocycles. The quantitative estimate of drug-likeness (QED) is 0.595. The molecule has 1 aromatic carbocycles. The average molecular weight is 394 g/mol. The fourth-order valence-electron chi connectivity index (χ4n) is 2.94. The molecule has 1 aliphatic carbocycles. The molecular formula is C15H22O8S2. The molecule has 0 N–H and O–H groups in total. The number of ether oxygens (including phenoxy) is 2. The van der Waals surface area contributed by atoms with Gasteiger partial charge in [0, 0.05) is 16.5 Å². The predicted octanol–water partition coefficient (Wildman–Crippen LogP) is 0.741. The van der Waals surface area contributed by atoms with E-state index < -0.39 is 25.7 Å². The largest absolute Gasteiger partial charge is 0.496 e. The predicted molar refractivity (Wildman–Crippen MR) is 91.0 cm³/mol. The summed E-state index contributed by atoms with van der Waals surface area (Å²) in [7, 11) is -4.32. The van der Waals surface area contributed by atoms with E-state index in [9.17, 15) is 16.8 Å². The highest BCUT2D eigenvalue weighted by Gasteiger charge is 2.42. The van der Waals surface area contributed by atoms with Crippen molar-refractivity contribution in [1.82, 2.24) is 0 Å². The summed E-state index contributed by atoms with van der Waals surface area (Å²) >= 11 is 0. The van der Waals surface area contributed by atoms with E-state index in [0.29, 0.717) is 24.3 Å². The van der Waals surface area contributed by atoms with Crippen molar-refractivity contribution in [3.8, 4) is 11.5 Å². The fraction of sp³-hybridized carbons (Fsp3) is 0.600. The van der Waals surface area contributed by atoms with Gasteiger partial charge in [-0.05, 0) is 25.0 Å². The Morgan fingerprint density at radius 1 is 0.840 bits per heavy atom. The summed E-state index contributed by atoms with van der Waals surface area (Å²) in [6.07, 6.45) is 2.57. The number of hydrogen-bond donors (Lipinski definition) is 0. The van der Waals surface area contributed by atoms with Crippen LogP contribution < -0.4 is 9.47 Å². The van der Waals surface area contributed by atoms with Gasteiger partial charge in [0.15, 0.2) is 0 Å². The first-order valence-electron chi connectivity index (χ1n) is 7.40. The zero-order valence-corrected chi connectivity index (χ0v) is 16.2. The maximum absolute atomic E-state index is 11.4. The molecule has 0 spiro atoms. The van der Waals surface area contributed by atoms with Crippen LogP contribution in [0.5, 0.6) is 11.5 Å². The van der Waals surface area contributed by atoms with Crippen molar-refractivity contribution >= 4 is 20.2 Å². The normalized spacial score (nSPS) is 16.5. The van der Waals surface area contributed by atoms with E-state index in [-0.39, 0.29) is 13.2 Å². The summed E-state index contributed by atoms with van der Waals surface area (Å²) in [5.74, 6) is 1.24. The molecule has 0 heterocycles. The van der Waals surface area contributed by atoms with Gasteiger partial charge in [0.2, 0.25) is 0 Å². The molecule has 0 atom stereocenters. The molecule has 25 heavy (non-hydrogen) atoms. The molecule has 0 radical (unpaired) electrons. The highest BCUT2D eigenvalue weighted by Crippen LogP contribution is 2.46. The van der Waals surface area contributed by atoms with E-state index in [1.54, 1.807) is 12.1 Å². The van der Waals surface area contributed by atoms with Crippen LogP contribution in [0, 0.1) is 5.41 Å². The maximum atomic E-state index is 11.4. The highest BCUT2D eigenvalue weighted by molar-refractivity contribution is 7.86. The summed E-state index contributed by atoms with van der Waals surface area (Å²) in [5.41, 5.74) is 0.795. The Labute approximate surface area is 148 Å². The van der Waals surface area contributed by atoms with Crippen molar-refractivity contribution in [1.29, 1.82) is 0 Å². The molecule has 10 heteroatoms. The third kappa shape index (κ3) is 5.06. The summed E-state index contributed by atoms with van der Waals surface area (Å²) < 4.78 is 66.4. The first-order chi connectivity index (χ1) is 11.5. The van der Waals surface area contributed by atoms with Gasteiger partial charge in [0.1, 0.15) is 11.5 Å². The lowest BCUT2D eigenvalue weighted by Crippen LogP contribution is -2.35. The van der Waals surface area contributed by atoms with E-state index in [2.05, 4.69) is 0 Å². The second-order valence-electron chi connectivity index (χ2n) is 6.21. The van der Waals surface area contributed by atoms with E-state index >= 15 is 0 Å². The van der Waals surface area contributed by atoms with Crippen molar-refractivity contribution in [3.05, 3.63) is 23.3 Å². The molecule has 8 nitrogen and oxygen atoms in total. The number of rotatable bonds is 8. The Kier molecular flexibility index (Phi) is 5.67. The van der Waals surface area contributed by atoms with Gasteiger partial charge >= 0.3 is 0 Å². The van der Waals surface area contributed by atoms with E-state index in [1.807, 2.05) is 0 Å². The van der Waals surface area contributed by atoms with Crippen molar-refractivity contribution in [2.24, 2.45) is 5.41 Å². The molecular weight excluding hydrogens is 372 g/mol. The van der Waals surface area contributed by atoms with Gasteiger partial charge < -0.3 is 9.47 Å². The van der Waals surface area contributed by atoms with Gasteiger partial charge in [0.25, 0.3) is 20.2 Å². The van der Waals surface area contributed by atoms with Gasteiger partial charge in [-0.1, -0.05) is 0 Å². The van der Waals surface area contributed by atoms with Gasteiger partial charge in [-0.3, -0.25) is 8.37 Å². The number of fused-ring (bicyclic) bond motifs is 1. The van der Waals surface area contributed by atoms with Crippen LogP contribution in [0.3, 0.4) is 0 Å². The van der Waals surface area contributed by atoms with Crippen molar-refractivity contribution in [2.45, 2.75) is 12.8 Å². The van der Waals surface area contributed by atoms with Crippen LogP contribution in [0.15, 0.2) is 12.1 Å². The summed E-state index contributed by atoms with van der Waals surface area (Å²) in [4.78, 5) is 0. The van der Waals surface area contributed by atoms with E-state index in [4.69, 9.17) is 17.8 Å². The lowest BCUT2D eigenvalue weighted by Gasteiger charge is -2.27. The zero-order chi connectivity index (χ0) is 18.9. The van der Waals surface area contributed by atoms with E-state index in [1.165, 1.54) is 14.2 Å². The molecule has 1 aromatic rings. The summed E-state index contributed by atoms with van der Waals surface area (Å²) in [6, 6.07) is 3.51. The lowest BCUT2D eigenvalue weighted by atomic mass is 9.87. The van der Waals surface area contributed by atoms with Crippen LogP contribution >= 0.6 is 0 Å². The zero-order valence-electron chi connectivity index (χ0n) is 14.6. The maximum Gasteiger partial charge on any atom is 0.264 e. The average Bonchev–Trinajstić information content (AvgIpc) is 2.89. The molecule has 142 valence electrons. The minimum absolute atomic E-state index is 0.206. The SMILES string of the molecule is COc1ccc(OC)c2c1CC(COS(C)(=O)=O)(COS(C)(=O)=O)C2. The number of hydrogen-bond acceptors (Lipinski definition) is 8. The topological polar surface area (TPSA) is 105 Å². The molecule has 0 aliphatic heterocycles. The highest BCUT2D eigenvalue weighted by atomic mass is 32.2. The van der Waals surface area contributed by atoms with Crippen LogP contribution in [0.4, 0.5) is 0 Å². The van der Waals surface area contributed by atoms with Gasteiger partial charge in [0.05, 0.1) is 39.9 Å². The molecule has 0 aromatic heterocycles. The minimum atomic E-state index is -3.69. The van der Waals surface area contributed by atoms with Crippen LogP contribution in [0.1, 0.15) is 11.1 Å². The third-order valence-electron chi connectivity index (χ3n) is 4.05. The third-order valence-corrected chi connectivity index (χ3v) is 5.14. The molecule has 0 fully saturated rings. The van der Waals surface area contributed by atoms with E-state index in [0.717, 1.165) is 23.6 Å². The molecule has 0 bridgehead atoms.